The average molecular weight is 192 g/mol. The minimum absolute atomic E-state index is 0.606. The van der Waals surface area contributed by atoms with Crippen LogP contribution >= 0.6 is 0 Å². The summed E-state index contributed by atoms with van der Waals surface area (Å²) in [4.78, 5) is 0. The van der Waals surface area contributed by atoms with Gasteiger partial charge in [-0.2, -0.15) is 10.2 Å². The maximum Gasteiger partial charge on any atom is 0.105 e. The summed E-state index contributed by atoms with van der Waals surface area (Å²) in [5.41, 5.74) is 1.67. The van der Waals surface area contributed by atoms with Gasteiger partial charge in [-0.05, 0) is 24.5 Å². The van der Waals surface area contributed by atoms with Gasteiger partial charge in [-0.1, -0.05) is 0 Å². The Kier molecular flexibility index (Phi) is 2.74. The van der Waals surface area contributed by atoms with Crippen LogP contribution in [0.2, 0.25) is 0 Å². The first kappa shape index (κ1) is 9.15. The first-order valence-corrected chi connectivity index (χ1v) is 4.63. The zero-order valence-electron chi connectivity index (χ0n) is 7.76. The zero-order chi connectivity index (χ0) is 9.80. The number of hydrogen-bond acceptors (Lipinski definition) is 4. The van der Waals surface area contributed by atoms with Crippen LogP contribution in [0.5, 0.6) is 0 Å². The predicted molar refractivity (Wildman–Crippen MR) is 50.3 cm³/mol. The molecule has 4 heteroatoms. The second-order valence-corrected chi connectivity index (χ2v) is 3.25. The van der Waals surface area contributed by atoms with Gasteiger partial charge in [0.15, 0.2) is 0 Å². The van der Waals surface area contributed by atoms with Crippen molar-refractivity contribution in [1.82, 2.24) is 10.2 Å². The topological polar surface area (TPSA) is 55.2 Å². The molecule has 0 saturated heterocycles. The fraction of sp³-hybridized carbons (Fsp3) is 0.400. The summed E-state index contributed by atoms with van der Waals surface area (Å²) in [5, 5.41) is 17.3. The Balaban J connectivity index is 2.15. The van der Waals surface area contributed by atoms with Crippen molar-refractivity contribution < 1.29 is 9.84 Å². The number of rotatable bonds is 2. The van der Waals surface area contributed by atoms with E-state index in [1.165, 1.54) is 0 Å². The van der Waals surface area contributed by atoms with E-state index in [2.05, 4.69) is 10.2 Å². The molecule has 0 radical (unpaired) electrons. The highest BCUT2D eigenvalue weighted by Gasteiger charge is 2.16. The lowest BCUT2D eigenvalue weighted by atomic mass is 10.00. The molecule has 0 bridgehead atoms. The minimum atomic E-state index is -0.606. The van der Waals surface area contributed by atoms with Crippen molar-refractivity contribution in [2.24, 2.45) is 0 Å². The van der Waals surface area contributed by atoms with Gasteiger partial charge in [0.05, 0.1) is 19.1 Å². The van der Waals surface area contributed by atoms with E-state index in [4.69, 9.17) is 4.74 Å². The molecule has 2 rings (SSSR count). The zero-order valence-corrected chi connectivity index (χ0v) is 7.76. The average Bonchev–Trinajstić information content (AvgIpc) is 2.30. The minimum Gasteiger partial charge on any atom is -0.501 e. The Morgan fingerprint density at radius 1 is 1.43 bits per heavy atom. The summed E-state index contributed by atoms with van der Waals surface area (Å²) >= 11 is 0. The summed E-state index contributed by atoms with van der Waals surface area (Å²) in [6.07, 6.45) is 6.02. The van der Waals surface area contributed by atoms with Gasteiger partial charge in [0.25, 0.3) is 0 Å². The molecular weight excluding hydrogens is 180 g/mol. The van der Waals surface area contributed by atoms with E-state index in [1.54, 1.807) is 24.7 Å². The Morgan fingerprint density at radius 3 is 3.00 bits per heavy atom. The highest BCUT2D eigenvalue weighted by Crippen LogP contribution is 2.26. The van der Waals surface area contributed by atoms with E-state index in [0.717, 1.165) is 30.6 Å². The molecule has 1 aromatic rings. The molecule has 4 nitrogen and oxygen atoms in total. The van der Waals surface area contributed by atoms with Gasteiger partial charge >= 0.3 is 0 Å². The lowest BCUT2D eigenvalue weighted by Crippen LogP contribution is -2.08. The second-order valence-electron chi connectivity index (χ2n) is 3.25. The smallest absolute Gasteiger partial charge is 0.105 e. The lowest BCUT2D eigenvalue weighted by Gasteiger charge is -2.18. The molecule has 1 aromatic heterocycles. The molecule has 1 aliphatic heterocycles. The molecule has 1 atom stereocenters. The largest absolute Gasteiger partial charge is 0.501 e. The summed E-state index contributed by atoms with van der Waals surface area (Å²) in [6, 6.07) is 1.76. The second kappa shape index (κ2) is 4.19. The Morgan fingerprint density at radius 2 is 2.36 bits per heavy atom. The monoisotopic (exact) mass is 192 g/mol. The van der Waals surface area contributed by atoms with Crippen molar-refractivity contribution in [3.63, 3.8) is 0 Å². The summed E-state index contributed by atoms with van der Waals surface area (Å²) in [6.45, 7) is 0.741. The first-order chi connectivity index (χ1) is 6.88. The molecule has 1 unspecified atom stereocenters. The van der Waals surface area contributed by atoms with Crippen molar-refractivity contribution in [2.45, 2.75) is 18.9 Å². The normalized spacial score (nSPS) is 18.2. The molecule has 14 heavy (non-hydrogen) atoms. The predicted octanol–water partition coefficient (Wildman–Crippen LogP) is 1.20. The van der Waals surface area contributed by atoms with Crippen LogP contribution in [-0.4, -0.2) is 21.9 Å². The van der Waals surface area contributed by atoms with Crippen LogP contribution in [-0.2, 0) is 4.74 Å². The third kappa shape index (κ3) is 1.90. The molecule has 0 amide bonds. The number of aromatic nitrogens is 2. The van der Waals surface area contributed by atoms with Crippen molar-refractivity contribution in [1.29, 1.82) is 0 Å². The SMILES string of the molecule is OC(C1=COCCC1)c1ccnnc1. The van der Waals surface area contributed by atoms with Crippen molar-refractivity contribution >= 4 is 0 Å². The van der Waals surface area contributed by atoms with E-state index in [-0.39, 0.29) is 0 Å². The van der Waals surface area contributed by atoms with Crippen LogP contribution in [0.15, 0.2) is 30.3 Å². The van der Waals surface area contributed by atoms with E-state index >= 15 is 0 Å². The van der Waals surface area contributed by atoms with Crippen LogP contribution < -0.4 is 0 Å². The highest BCUT2D eigenvalue weighted by molar-refractivity contribution is 5.21. The van der Waals surface area contributed by atoms with Crippen LogP contribution in [0, 0.1) is 0 Å². The number of hydrogen-bond donors (Lipinski definition) is 1. The van der Waals surface area contributed by atoms with E-state index < -0.39 is 6.10 Å². The number of aliphatic hydroxyl groups excluding tert-OH is 1. The maximum atomic E-state index is 9.93. The van der Waals surface area contributed by atoms with Crippen LogP contribution in [0.3, 0.4) is 0 Å². The van der Waals surface area contributed by atoms with Crippen molar-refractivity contribution in [2.75, 3.05) is 6.61 Å². The third-order valence-electron chi connectivity index (χ3n) is 2.24. The molecule has 0 aliphatic carbocycles. The van der Waals surface area contributed by atoms with Crippen LogP contribution in [0.4, 0.5) is 0 Å². The number of nitrogens with zero attached hydrogens (tertiary/aromatic N) is 2. The van der Waals surface area contributed by atoms with Gasteiger partial charge in [-0.15, -0.1) is 0 Å². The fourth-order valence-corrected chi connectivity index (χ4v) is 1.46. The van der Waals surface area contributed by atoms with E-state index in [0.29, 0.717) is 0 Å². The Hall–Kier alpha value is -1.42. The molecule has 1 N–H and O–H groups in total. The van der Waals surface area contributed by atoms with Gasteiger partial charge < -0.3 is 9.84 Å². The van der Waals surface area contributed by atoms with Gasteiger partial charge in [0.2, 0.25) is 0 Å². The standard InChI is InChI=1S/C10H12N2O2/c13-10(8-3-4-11-12-6-8)9-2-1-5-14-7-9/h3-4,6-7,10,13H,1-2,5H2. The molecule has 0 aromatic carbocycles. The van der Waals surface area contributed by atoms with Crippen LogP contribution in [0.25, 0.3) is 0 Å². The first-order valence-electron chi connectivity index (χ1n) is 4.63. The fourth-order valence-electron chi connectivity index (χ4n) is 1.46. The molecule has 2 heterocycles. The highest BCUT2D eigenvalue weighted by atomic mass is 16.5. The Labute approximate surface area is 82.2 Å². The van der Waals surface area contributed by atoms with Gasteiger partial charge in [-0.3, -0.25) is 0 Å². The number of aliphatic hydroxyl groups is 1. The van der Waals surface area contributed by atoms with Gasteiger partial charge in [-0.25, -0.2) is 0 Å². The number of ether oxygens (including phenoxy) is 1. The molecule has 0 fully saturated rings. The quantitative estimate of drug-likeness (QED) is 0.765. The van der Waals surface area contributed by atoms with Crippen molar-refractivity contribution in [3.05, 3.63) is 35.9 Å². The summed E-state index contributed by atoms with van der Waals surface area (Å²) in [5.74, 6) is 0. The third-order valence-corrected chi connectivity index (χ3v) is 2.24. The van der Waals surface area contributed by atoms with E-state index in [9.17, 15) is 5.11 Å². The molecule has 0 saturated carbocycles. The van der Waals surface area contributed by atoms with Gasteiger partial charge in [0, 0.05) is 11.8 Å². The summed E-state index contributed by atoms with van der Waals surface area (Å²) < 4.78 is 5.17. The summed E-state index contributed by atoms with van der Waals surface area (Å²) in [7, 11) is 0. The molecular formula is C10H12N2O2. The maximum absolute atomic E-state index is 9.93. The molecule has 0 spiro atoms. The Bertz CT molecular complexity index is 324. The molecule has 1 aliphatic rings. The van der Waals surface area contributed by atoms with E-state index in [1.807, 2.05) is 0 Å². The lowest BCUT2D eigenvalue weighted by molar-refractivity contribution is 0.170. The molecule has 74 valence electrons. The van der Waals surface area contributed by atoms with Gasteiger partial charge in [0.1, 0.15) is 6.10 Å². The van der Waals surface area contributed by atoms with Crippen molar-refractivity contribution in [3.8, 4) is 0 Å². The van der Waals surface area contributed by atoms with Crippen LogP contribution in [0.1, 0.15) is 24.5 Å².